The van der Waals surface area contributed by atoms with Crippen LogP contribution in [0.15, 0.2) is 42.5 Å². The fraction of sp³-hybridized carbons (Fsp3) is 0.278. The Hall–Kier alpha value is -2.16. The summed E-state index contributed by atoms with van der Waals surface area (Å²) in [6.45, 7) is 2.83. The Bertz CT molecular complexity index is 661. The maximum absolute atomic E-state index is 13.3. The number of anilines is 1. The van der Waals surface area contributed by atoms with Gasteiger partial charge in [-0.05, 0) is 48.2 Å². The highest BCUT2D eigenvalue weighted by atomic mass is 19.1. The number of rotatable bonds is 4. The van der Waals surface area contributed by atoms with Gasteiger partial charge in [0, 0.05) is 11.3 Å². The molecule has 3 heteroatoms. The number of fused-ring (bicyclic) bond motifs is 1. The molecule has 0 radical (unpaired) electrons. The third-order valence-corrected chi connectivity index (χ3v) is 3.99. The number of halogens is 1. The molecule has 2 aromatic rings. The zero-order valence-electron chi connectivity index (χ0n) is 12.2. The third kappa shape index (κ3) is 2.68. The molecule has 0 spiro atoms. The standard InChI is InChI=1S/C18H19FN2/c1-2-3-4-13-5-9-16(10-6-13)21-12-14-7-8-15(19)11-17(14)18(21)20/h5-11,20H,2-4,12H2,1H3. The Kier molecular flexibility index (Phi) is 3.74. The molecule has 0 aromatic heterocycles. The van der Waals surface area contributed by atoms with Gasteiger partial charge in [0.1, 0.15) is 11.7 Å². The minimum Gasteiger partial charge on any atom is -0.322 e. The van der Waals surface area contributed by atoms with Crippen molar-refractivity contribution >= 4 is 11.5 Å². The van der Waals surface area contributed by atoms with Crippen LogP contribution in [0.1, 0.15) is 36.5 Å². The van der Waals surface area contributed by atoms with Crippen molar-refractivity contribution in [1.29, 1.82) is 5.41 Å². The number of aryl methyl sites for hydroxylation is 1. The van der Waals surface area contributed by atoms with Crippen LogP contribution in [0.3, 0.4) is 0 Å². The van der Waals surface area contributed by atoms with Crippen molar-refractivity contribution in [2.24, 2.45) is 0 Å². The van der Waals surface area contributed by atoms with Crippen LogP contribution in [0.5, 0.6) is 0 Å². The number of benzene rings is 2. The molecule has 3 rings (SSSR count). The summed E-state index contributed by atoms with van der Waals surface area (Å²) in [4.78, 5) is 1.92. The van der Waals surface area contributed by atoms with E-state index in [9.17, 15) is 4.39 Å². The lowest BCUT2D eigenvalue weighted by atomic mass is 10.1. The molecule has 1 N–H and O–H groups in total. The third-order valence-electron chi connectivity index (χ3n) is 3.99. The van der Waals surface area contributed by atoms with E-state index in [1.807, 2.05) is 4.90 Å². The average molecular weight is 282 g/mol. The number of amidine groups is 1. The van der Waals surface area contributed by atoms with Crippen LogP contribution in [0.2, 0.25) is 0 Å². The van der Waals surface area contributed by atoms with Crippen LogP contribution in [0.25, 0.3) is 0 Å². The van der Waals surface area contributed by atoms with E-state index in [1.165, 1.54) is 30.5 Å². The van der Waals surface area contributed by atoms with Gasteiger partial charge in [-0.1, -0.05) is 31.5 Å². The van der Waals surface area contributed by atoms with E-state index in [1.54, 1.807) is 6.07 Å². The van der Waals surface area contributed by atoms with E-state index in [0.717, 1.165) is 17.7 Å². The van der Waals surface area contributed by atoms with Crippen molar-refractivity contribution in [2.75, 3.05) is 4.90 Å². The van der Waals surface area contributed by atoms with Crippen LogP contribution in [-0.4, -0.2) is 5.84 Å². The van der Waals surface area contributed by atoms with Crippen molar-refractivity contribution in [2.45, 2.75) is 32.7 Å². The van der Waals surface area contributed by atoms with Gasteiger partial charge in [-0.2, -0.15) is 0 Å². The lowest BCUT2D eigenvalue weighted by Gasteiger charge is -2.18. The molecule has 0 amide bonds. The van der Waals surface area contributed by atoms with Crippen molar-refractivity contribution in [3.05, 3.63) is 65.0 Å². The van der Waals surface area contributed by atoms with Gasteiger partial charge in [-0.3, -0.25) is 5.41 Å². The van der Waals surface area contributed by atoms with E-state index in [4.69, 9.17) is 5.41 Å². The van der Waals surface area contributed by atoms with Gasteiger partial charge in [0.2, 0.25) is 0 Å². The Labute approximate surface area is 124 Å². The lowest BCUT2D eigenvalue weighted by molar-refractivity contribution is 0.627. The highest BCUT2D eigenvalue weighted by molar-refractivity contribution is 6.11. The topological polar surface area (TPSA) is 27.1 Å². The van der Waals surface area contributed by atoms with E-state index in [2.05, 4.69) is 31.2 Å². The first-order valence-corrected chi connectivity index (χ1v) is 7.43. The average Bonchev–Trinajstić information content (AvgIpc) is 2.83. The Balaban J connectivity index is 1.81. The predicted molar refractivity (Wildman–Crippen MR) is 84.5 cm³/mol. The first kappa shape index (κ1) is 13.8. The molecule has 0 saturated heterocycles. The zero-order valence-corrected chi connectivity index (χ0v) is 12.2. The van der Waals surface area contributed by atoms with Gasteiger partial charge in [0.15, 0.2) is 0 Å². The fourth-order valence-electron chi connectivity index (χ4n) is 2.75. The van der Waals surface area contributed by atoms with Gasteiger partial charge in [0.05, 0.1) is 6.54 Å². The molecule has 0 fully saturated rings. The minimum atomic E-state index is -0.282. The van der Waals surface area contributed by atoms with E-state index < -0.39 is 0 Å². The molecular weight excluding hydrogens is 263 g/mol. The quantitative estimate of drug-likeness (QED) is 0.877. The van der Waals surface area contributed by atoms with Gasteiger partial charge < -0.3 is 4.90 Å². The monoisotopic (exact) mass is 282 g/mol. The summed E-state index contributed by atoms with van der Waals surface area (Å²) in [6.07, 6.45) is 3.49. The normalized spacial score (nSPS) is 13.6. The number of hydrogen-bond donors (Lipinski definition) is 1. The van der Waals surface area contributed by atoms with Crippen LogP contribution in [0.4, 0.5) is 10.1 Å². The molecule has 2 aromatic carbocycles. The maximum Gasteiger partial charge on any atom is 0.133 e. The largest absolute Gasteiger partial charge is 0.322 e. The van der Waals surface area contributed by atoms with Crippen LogP contribution in [0, 0.1) is 11.2 Å². The first-order valence-electron chi connectivity index (χ1n) is 7.43. The predicted octanol–water partition coefficient (Wildman–Crippen LogP) is 4.51. The number of unbranched alkanes of at least 4 members (excludes halogenated alkanes) is 1. The SMILES string of the molecule is CCCCc1ccc(N2Cc3ccc(F)cc3C2=N)cc1. The summed E-state index contributed by atoms with van der Waals surface area (Å²) in [5.41, 5.74) is 4.04. The summed E-state index contributed by atoms with van der Waals surface area (Å²) in [5, 5.41) is 8.25. The maximum atomic E-state index is 13.3. The van der Waals surface area contributed by atoms with Crippen LogP contribution >= 0.6 is 0 Å². The van der Waals surface area contributed by atoms with E-state index in [-0.39, 0.29) is 5.82 Å². The molecule has 0 aliphatic carbocycles. The second-order valence-corrected chi connectivity index (χ2v) is 5.51. The first-order chi connectivity index (χ1) is 10.2. The molecule has 0 atom stereocenters. The molecule has 1 heterocycles. The number of hydrogen-bond acceptors (Lipinski definition) is 1. The molecule has 0 unspecified atom stereocenters. The van der Waals surface area contributed by atoms with E-state index >= 15 is 0 Å². The van der Waals surface area contributed by atoms with Crippen molar-refractivity contribution in [3.8, 4) is 0 Å². The van der Waals surface area contributed by atoms with Gasteiger partial charge in [-0.15, -0.1) is 0 Å². The highest BCUT2D eigenvalue weighted by Gasteiger charge is 2.25. The Morgan fingerprint density at radius 3 is 2.62 bits per heavy atom. The van der Waals surface area contributed by atoms with Gasteiger partial charge in [-0.25, -0.2) is 4.39 Å². The molecule has 0 bridgehead atoms. The number of nitrogens with one attached hydrogen (secondary N) is 1. The minimum absolute atomic E-state index is 0.282. The van der Waals surface area contributed by atoms with E-state index in [0.29, 0.717) is 17.9 Å². The summed E-state index contributed by atoms with van der Waals surface area (Å²) in [6, 6.07) is 13.1. The summed E-state index contributed by atoms with van der Waals surface area (Å²) < 4.78 is 13.3. The molecular formula is C18H19FN2. The molecule has 0 saturated carbocycles. The summed E-state index contributed by atoms with van der Waals surface area (Å²) in [7, 11) is 0. The van der Waals surface area contributed by atoms with Crippen molar-refractivity contribution in [1.82, 2.24) is 0 Å². The summed E-state index contributed by atoms with van der Waals surface area (Å²) >= 11 is 0. The lowest BCUT2D eigenvalue weighted by Crippen LogP contribution is -2.22. The smallest absolute Gasteiger partial charge is 0.133 e. The molecule has 1 aliphatic heterocycles. The molecule has 21 heavy (non-hydrogen) atoms. The van der Waals surface area contributed by atoms with Crippen molar-refractivity contribution in [3.63, 3.8) is 0 Å². The second-order valence-electron chi connectivity index (χ2n) is 5.51. The highest BCUT2D eigenvalue weighted by Crippen LogP contribution is 2.29. The fourth-order valence-corrected chi connectivity index (χ4v) is 2.75. The Morgan fingerprint density at radius 2 is 1.90 bits per heavy atom. The van der Waals surface area contributed by atoms with Gasteiger partial charge >= 0.3 is 0 Å². The van der Waals surface area contributed by atoms with Crippen LogP contribution in [-0.2, 0) is 13.0 Å². The second kappa shape index (κ2) is 5.68. The number of nitrogens with zero attached hydrogens (tertiary/aromatic N) is 1. The Morgan fingerprint density at radius 1 is 1.14 bits per heavy atom. The van der Waals surface area contributed by atoms with Gasteiger partial charge in [0.25, 0.3) is 0 Å². The molecule has 1 aliphatic rings. The van der Waals surface area contributed by atoms with Crippen LogP contribution < -0.4 is 4.90 Å². The zero-order chi connectivity index (χ0) is 14.8. The molecule has 2 nitrogen and oxygen atoms in total. The summed E-state index contributed by atoms with van der Waals surface area (Å²) in [5.74, 6) is 0.0982. The molecule has 108 valence electrons. The van der Waals surface area contributed by atoms with Crippen molar-refractivity contribution < 1.29 is 4.39 Å².